The smallest absolute Gasteiger partial charge is 0.239 e. The molecule has 2 N–H and O–H groups in total. The van der Waals surface area contributed by atoms with Crippen LogP contribution in [0.15, 0.2) is 53.3 Å². The number of carbonyl (C=O) groups excluding carboxylic acids is 1. The number of hydrogen-bond donors (Lipinski definition) is 2. The minimum atomic E-state index is -0.0160. The van der Waals surface area contributed by atoms with Crippen LogP contribution in [0.1, 0.15) is 19.3 Å². The molecule has 2 aromatic carbocycles. The molecule has 2 heterocycles. The summed E-state index contributed by atoms with van der Waals surface area (Å²) in [6, 6.07) is 15.0. The summed E-state index contributed by atoms with van der Waals surface area (Å²) in [6.45, 7) is 3.06. The SMILES string of the molecule is O=C(Cn1c2ccccc2c(=O)c2ccccc21)NCCC1CCCNC1. The fourth-order valence-electron chi connectivity index (χ4n) is 4.03. The van der Waals surface area contributed by atoms with Gasteiger partial charge in [0.25, 0.3) is 0 Å². The molecule has 1 aromatic heterocycles. The summed E-state index contributed by atoms with van der Waals surface area (Å²) in [5.41, 5.74) is 1.61. The van der Waals surface area contributed by atoms with Crippen LogP contribution in [-0.2, 0) is 11.3 Å². The highest BCUT2D eigenvalue weighted by atomic mass is 16.2. The first-order chi connectivity index (χ1) is 13.2. The summed E-state index contributed by atoms with van der Waals surface area (Å²) in [6.07, 6.45) is 3.45. The molecule has 1 fully saturated rings. The van der Waals surface area contributed by atoms with E-state index in [1.54, 1.807) is 0 Å². The molecule has 1 saturated heterocycles. The number of piperidine rings is 1. The zero-order valence-corrected chi connectivity index (χ0v) is 15.4. The molecule has 0 bridgehead atoms. The van der Waals surface area contributed by atoms with E-state index in [-0.39, 0.29) is 17.9 Å². The number of rotatable bonds is 5. The summed E-state index contributed by atoms with van der Waals surface area (Å²) in [4.78, 5) is 25.4. The normalized spacial score (nSPS) is 17.3. The van der Waals surface area contributed by atoms with Gasteiger partial charge < -0.3 is 15.2 Å². The monoisotopic (exact) mass is 363 g/mol. The summed E-state index contributed by atoms with van der Waals surface area (Å²) < 4.78 is 1.95. The molecule has 1 atom stereocenters. The summed E-state index contributed by atoms with van der Waals surface area (Å²) in [5.74, 6) is 0.630. The van der Waals surface area contributed by atoms with Crippen LogP contribution >= 0.6 is 0 Å². The van der Waals surface area contributed by atoms with Gasteiger partial charge in [0.15, 0.2) is 5.43 Å². The third-order valence-corrected chi connectivity index (χ3v) is 5.45. The predicted octanol–water partition coefficient (Wildman–Crippen LogP) is 2.66. The van der Waals surface area contributed by atoms with E-state index in [4.69, 9.17) is 0 Å². The number of nitrogens with zero attached hydrogens (tertiary/aromatic N) is 1. The van der Waals surface area contributed by atoms with Crippen LogP contribution in [-0.4, -0.2) is 30.1 Å². The molecule has 0 saturated carbocycles. The average molecular weight is 363 g/mol. The van der Waals surface area contributed by atoms with Gasteiger partial charge in [-0.05, 0) is 62.5 Å². The summed E-state index contributed by atoms with van der Waals surface area (Å²) in [7, 11) is 0. The van der Waals surface area contributed by atoms with Gasteiger partial charge in [-0.1, -0.05) is 24.3 Å². The Morgan fingerprint density at radius 2 is 1.74 bits per heavy atom. The van der Waals surface area contributed by atoms with Gasteiger partial charge in [-0.2, -0.15) is 0 Å². The molecule has 5 nitrogen and oxygen atoms in total. The maximum absolute atomic E-state index is 12.8. The highest BCUT2D eigenvalue weighted by molar-refractivity contribution is 5.94. The Hall–Kier alpha value is -2.66. The van der Waals surface area contributed by atoms with Gasteiger partial charge in [-0.3, -0.25) is 9.59 Å². The highest BCUT2D eigenvalue weighted by Crippen LogP contribution is 2.19. The van der Waals surface area contributed by atoms with Crippen molar-refractivity contribution in [1.82, 2.24) is 15.2 Å². The Morgan fingerprint density at radius 3 is 2.37 bits per heavy atom. The minimum Gasteiger partial charge on any atom is -0.355 e. The first kappa shape index (κ1) is 17.7. The van der Waals surface area contributed by atoms with Crippen LogP contribution < -0.4 is 16.1 Å². The van der Waals surface area contributed by atoms with E-state index in [9.17, 15) is 9.59 Å². The molecule has 0 spiro atoms. The first-order valence-electron chi connectivity index (χ1n) is 9.72. The van der Waals surface area contributed by atoms with Crippen LogP contribution in [0.25, 0.3) is 21.8 Å². The van der Waals surface area contributed by atoms with Crippen LogP contribution in [0.3, 0.4) is 0 Å². The lowest BCUT2D eigenvalue weighted by molar-refractivity contribution is -0.121. The van der Waals surface area contributed by atoms with Crippen molar-refractivity contribution in [3.8, 4) is 0 Å². The van der Waals surface area contributed by atoms with Crippen LogP contribution in [0.4, 0.5) is 0 Å². The van der Waals surface area contributed by atoms with Gasteiger partial charge in [0.05, 0.1) is 11.0 Å². The van der Waals surface area contributed by atoms with E-state index in [1.807, 2.05) is 53.1 Å². The lowest BCUT2D eigenvalue weighted by Crippen LogP contribution is -2.34. The van der Waals surface area contributed by atoms with E-state index < -0.39 is 0 Å². The van der Waals surface area contributed by atoms with Crippen molar-refractivity contribution in [2.45, 2.75) is 25.8 Å². The maximum atomic E-state index is 12.8. The lowest BCUT2D eigenvalue weighted by atomic mass is 9.96. The number of carbonyl (C=O) groups is 1. The Morgan fingerprint density at radius 1 is 1.07 bits per heavy atom. The number of hydrogen-bond acceptors (Lipinski definition) is 3. The second-order valence-corrected chi connectivity index (χ2v) is 7.30. The van der Waals surface area contributed by atoms with Crippen molar-refractivity contribution >= 4 is 27.7 Å². The van der Waals surface area contributed by atoms with E-state index in [1.165, 1.54) is 12.8 Å². The third-order valence-electron chi connectivity index (χ3n) is 5.45. The minimum absolute atomic E-state index is 0.0160. The lowest BCUT2D eigenvalue weighted by Gasteiger charge is -2.22. The molecule has 1 aliphatic heterocycles. The van der Waals surface area contributed by atoms with Crippen molar-refractivity contribution in [3.63, 3.8) is 0 Å². The van der Waals surface area contributed by atoms with Gasteiger partial charge in [0.1, 0.15) is 6.54 Å². The Bertz CT molecular complexity index is 959. The molecular formula is C22H25N3O2. The maximum Gasteiger partial charge on any atom is 0.239 e. The van der Waals surface area contributed by atoms with Gasteiger partial charge in [0, 0.05) is 17.3 Å². The van der Waals surface area contributed by atoms with Crippen molar-refractivity contribution in [2.24, 2.45) is 5.92 Å². The molecule has 0 radical (unpaired) electrons. The van der Waals surface area contributed by atoms with Crippen molar-refractivity contribution in [2.75, 3.05) is 19.6 Å². The molecule has 3 aromatic rings. The molecule has 1 amide bonds. The molecular weight excluding hydrogens is 338 g/mol. The Balaban J connectivity index is 1.56. The fraction of sp³-hybridized carbons (Fsp3) is 0.364. The standard InChI is InChI=1S/C22H25N3O2/c26-21(24-13-11-16-6-5-12-23-14-16)15-25-19-9-3-1-7-17(19)22(27)18-8-2-4-10-20(18)25/h1-4,7-10,16,23H,5-6,11-15H2,(H,24,26). The highest BCUT2D eigenvalue weighted by Gasteiger charge is 2.15. The number of fused-ring (bicyclic) bond motifs is 2. The van der Waals surface area contributed by atoms with Crippen LogP contribution in [0.5, 0.6) is 0 Å². The third kappa shape index (κ3) is 3.74. The molecule has 1 aliphatic rings. The molecule has 5 heteroatoms. The van der Waals surface area contributed by atoms with Gasteiger partial charge in [0.2, 0.25) is 5.91 Å². The predicted molar refractivity (Wildman–Crippen MR) is 109 cm³/mol. The number of para-hydroxylation sites is 2. The number of aromatic nitrogens is 1. The largest absolute Gasteiger partial charge is 0.355 e. The molecule has 4 rings (SSSR count). The van der Waals surface area contributed by atoms with Gasteiger partial charge in [-0.25, -0.2) is 0 Å². The number of benzene rings is 2. The number of amides is 1. The fourth-order valence-corrected chi connectivity index (χ4v) is 4.03. The summed E-state index contributed by atoms with van der Waals surface area (Å²) in [5, 5.41) is 7.77. The van der Waals surface area contributed by atoms with Crippen molar-refractivity contribution < 1.29 is 4.79 Å². The van der Waals surface area contributed by atoms with E-state index >= 15 is 0 Å². The zero-order valence-electron chi connectivity index (χ0n) is 15.4. The first-order valence-corrected chi connectivity index (χ1v) is 9.72. The number of nitrogens with one attached hydrogen (secondary N) is 2. The quantitative estimate of drug-likeness (QED) is 0.685. The van der Waals surface area contributed by atoms with E-state index in [0.717, 1.165) is 30.5 Å². The van der Waals surface area contributed by atoms with E-state index in [2.05, 4.69) is 10.6 Å². The van der Waals surface area contributed by atoms with Gasteiger partial charge >= 0.3 is 0 Å². The molecule has 1 unspecified atom stereocenters. The van der Waals surface area contributed by atoms with Crippen LogP contribution in [0, 0.1) is 5.92 Å². The molecule has 140 valence electrons. The van der Waals surface area contributed by atoms with Crippen molar-refractivity contribution in [1.29, 1.82) is 0 Å². The Labute approximate surface area is 158 Å². The van der Waals surface area contributed by atoms with Crippen LogP contribution in [0.2, 0.25) is 0 Å². The van der Waals surface area contributed by atoms with Crippen molar-refractivity contribution in [3.05, 3.63) is 58.8 Å². The second-order valence-electron chi connectivity index (χ2n) is 7.30. The number of pyridine rings is 1. The topological polar surface area (TPSA) is 63.1 Å². The summed E-state index contributed by atoms with van der Waals surface area (Å²) >= 11 is 0. The molecule has 27 heavy (non-hydrogen) atoms. The Kier molecular flexibility index (Phi) is 5.21. The molecule has 0 aliphatic carbocycles. The average Bonchev–Trinajstić information content (AvgIpc) is 2.72. The second kappa shape index (κ2) is 7.92. The van der Waals surface area contributed by atoms with E-state index in [0.29, 0.717) is 23.2 Å². The zero-order chi connectivity index (χ0) is 18.6. The van der Waals surface area contributed by atoms with Gasteiger partial charge in [-0.15, -0.1) is 0 Å².